The van der Waals surface area contributed by atoms with Crippen LogP contribution in [-0.4, -0.2) is 66.8 Å². The average molecular weight is 343 g/mol. The van der Waals surface area contributed by atoms with E-state index in [1.165, 1.54) is 13.8 Å². The lowest BCUT2D eigenvalue weighted by molar-refractivity contribution is -0.271. The maximum atomic E-state index is 11.4. The second-order valence-electron chi connectivity index (χ2n) is 5.15. The lowest BCUT2D eigenvalue weighted by Crippen LogP contribution is -2.65. The van der Waals surface area contributed by atoms with Gasteiger partial charge in [0.25, 0.3) is 0 Å². The third kappa shape index (κ3) is 5.81. The smallest absolute Gasteiger partial charge is 0.303 e. The van der Waals surface area contributed by atoms with Crippen LogP contribution in [0, 0.1) is 12.3 Å². The molecule has 24 heavy (non-hydrogen) atoms. The van der Waals surface area contributed by atoms with Gasteiger partial charge in [-0.3, -0.25) is 14.4 Å². The molecular formula is C15H21NO8. The molecule has 5 atom stereocenters. The van der Waals surface area contributed by atoms with Gasteiger partial charge in [0, 0.05) is 20.8 Å². The van der Waals surface area contributed by atoms with Crippen LogP contribution in [0.1, 0.15) is 20.8 Å². The van der Waals surface area contributed by atoms with Gasteiger partial charge in [0.2, 0.25) is 5.91 Å². The molecule has 0 aliphatic carbocycles. The molecule has 1 heterocycles. The standard InChI is InChI=1S/C15H21NO8/c1-5-6-21-15-12(16-8(2)17)14(23-10(4)19)13(20)11(24-15)7-22-9(3)18/h1,11-15,20H,6-7H2,2-4H3,(H,16,17)/t11?,12?,13-,14?,15-/m1/s1. The molecule has 1 saturated heterocycles. The first kappa shape index (κ1) is 19.9. The van der Waals surface area contributed by atoms with Gasteiger partial charge in [-0.1, -0.05) is 5.92 Å². The summed E-state index contributed by atoms with van der Waals surface area (Å²) in [5.74, 6) is 0.569. The number of hydrogen-bond acceptors (Lipinski definition) is 8. The van der Waals surface area contributed by atoms with Crippen LogP contribution in [0.5, 0.6) is 0 Å². The molecule has 1 aliphatic rings. The number of rotatable bonds is 6. The summed E-state index contributed by atoms with van der Waals surface area (Å²) in [5.41, 5.74) is 0. The monoisotopic (exact) mass is 343 g/mol. The SMILES string of the molecule is C#CCO[C@@H]1OC(COC(C)=O)[C@@H](O)C(OC(C)=O)C1NC(C)=O. The maximum absolute atomic E-state index is 11.4. The van der Waals surface area contributed by atoms with E-state index in [1.54, 1.807) is 0 Å². The summed E-state index contributed by atoms with van der Waals surface area (Å²) < 4.78 is 20.8. The van der Waals surface area contributed by atoms with Crippen molar-refractivity contribution in [1.29, 1.82) is 0 Å². The molecule has 0 radical (unpaired) electrons. The first-order valence-electron chi connectivity index (χ1n) is 7.22. The van der Waals surface area contributed by atoms with Crippen LogP contribution in [0.25, 0.3) is 0 Å². The second-order valence-corrected chi connectivity index (χ2v) is 5.15. The average Bonchev–Trinajstić information content (AvgIpc) is 2.48. The van der Waals surface area contributed by atoms with Gasteiger partial charge in [0.05, 0.1) is 0 Å². The Kier molecular flexibility index (Phi) is 7.64. The Bertz CT molecular complexity index is 514. The van der Waals surface area contributed by atoms with Crippen LogP contribution in [0.4, 0.5) is 0 Å². The van der Waals surface area contributed by atoms with Crippen LogP contribution in [0.3, 0.4) is 0 Å². The maximum Gasteiger partial charge on any atom is 0.303 e. The summed E-state index contributed by atoms with van der Waals surface area (Å²) in [6, 6.07) is -0.983. The molecule has 1 fully saturated rings. The minimum absolute atomic E-state index is 0.135. The minimum atomic E-state index is -1.35. The van der Waals surface area contributed by atoms with E-state index in [9.17, 15) is 19.5 Å². The van der Waals surface area contributed by atoms with E-state index in [0.29, 0.717) is 0 Å². The Labute approximate surface area is 139 Å². The van der Waals surface area contributed by atoms with E-state index in [-0.39, 0.29) is 13.2 Å². The predicted octanol–water partition coefficient (Wildman–Crippen LogP) is -1.28. The number of esters is 2. The molecule has 0 aromatic heterocycles. The van der Waals surface area contributed by atoms with Crippen molar-refractivity contribution in [2.24, 2.45) is 0 Å². The molecule has 9 nitrogen and oxygen atoms in total. The van der Waals surface area contributed by atoms with Gasteiger partial charge in [-0.15, -0.1) is 6.42 Å². The Balaban J connectivity index is 3.02. The highest BCUT2D eigenvalue weighted by Crippen LogP contribution is 2.25. The van der Waals surface area contributed by atoms with Crippen molar-refractivity contribution in [2.45, 2.75) is 51.4 Å². The van der Waals surface area contributed by atoms with Gasteiger partial charge in [-0.05, 0) is 0 Å². The van der Waals surface area contributed by atoms with Crippen LogP contribution >= 0.6 is 0 Å². The number of carbonyl (C=O) groups excluding carboxylic acids is 3. The topological polar surface area (TPSA) is 120 Å². The second kappa shape index (κ2) is 9.22. The molecular weight excluding hydrogens is 322 g/mol. The third-order valence-electron chi connectivity index (χ3n) is 3.13. The molecule has 0 aromatic carbocycles. The fraction of sp³-hybridized carbons (Fsp3) is 0.667. The largest absolute Gasteiger partial charge is 0.463 e. The molecule has 1 rings (SSSR count). The number of carbonyl (C=O) groups is 3. The Hall–Kier alpha value is -2.15. The van der Waals surface area contributed by atoms with E-state index < -0.39 is 48.5 Å². The molecule has 3 unspecified atom stereocenters. The Morgan fingerprint density at radius 2 is 1.92 bits per heavy atom. The highest BCUT2D eigenvalue weighted by molar-refractivity contribution is 5.73. The fourth-order valence-electron chi connectivity index (χ4n) is 2.25. The molecule has 9 heteroatoms. The Morgan fingerprint density at radius 3 is 2.42 bits per heavy atom. The molecule has 0 spiro atoms. The molecule has 1 amide bonds. The van der Waals surface area contributed by atoms with Crippen molar-refractivity contribution in [1.82, 2.24) is 5.32 Å². The number of aliphatic hydroxyl groups excluding tert-OH is 1. The highest BCUT2D eigenvalue weighted by atomic mass is 16.7. The fourth-order valence-corrected chi connectivity index (χ4v) is 2.25. The predicted molar refractivity (Wildman–Crippen MR) is 79.2 cm³/mol. The molecule has 0 bridgehead atoms. The first-order valence-corrected chi connectivity index (χ1v) is 7.22. The lowest BCUT2D eigenvalue weighted by atomic mass is 9.96. The Morgan fingerprint density at radius 1 is 1.25 bits per heavy atom. The zero-order valence-electron chi connectivity index (χ0n) is 13.7. The number of aliphatic hydroxyl groups is 1. The molecule has 2 N–H and O–H groups in total. The third-order valence-corrected chi connectivity index (χ3v) is 3.13. The van der Waals surface area contributed by atoms with Gasteiger partial charge in [0.15, 0.2) is 12.4 Å². The number of amides is 1. The molecule has 1 aliphatic heterocycles. The highest BCUT2D eigenvalue weighted by Gasteiger charge is 2.48. The van der Waals surface area contributed by atoms with E-state index in [4.69, 9.17) is 25.4 Å². The molecule has 0 aromatic rings. The van der Waals surface area contributed by atoms with Gasteiger partial charge >= 0.3 is 11.9 Å². The van der Waals surface area contributed by atoms with Crippen LogP contribution < -0.4 is 5.32 Å². The number of hydrogen-bond donors (Lipinski definition) is 2. The summed E-state index contributed by atoms with van der Waals surface area (Å²) in [4.78, 5) is 33.7. The summed E-state index contributed by atoms with van der Waals surface area (Å²) >= 11 is 0. The van der Waals surface area contributed by atoms with Gasteiger partial charge in [-0.2, -0.15) is 0 Å². The van der Waals surface area contributed by atoms with Crippen molar-refractivity contribution in [3.63, 3.8) is 0 Å². The number of nitrogens with one attached hydrogen (secondary N) is 1. The van der Waals surface area contributed by atoms with Crippen LogP contribution in [0.2, 0.25) is 0 Å². The van der Waals surface area contributed by atoms with E-state index in [0.717, 1.165) is 6.92 Å². The van der Waals surface area contributed by atoms with Crippen molar-refractivity contribution < 1.29 is 38.4 Å². The lowest BCUT2D eigenvalue weighted by Gasteiger charge is -2.43. The van der Waals surface area contributed by atoms with Crippen molar-refractivity contribution in [3.8, 4) is 12.3 Å². The van der Waals surface area contributed by atoms with Crippen LogP contribution in [0.15, 0.2) is 0 Å². The zero-order chi connectivity index (χ0) is 18.3. The van der Waals surface area contributed by atoms with E-state index in [1.807, 2.05) is 0 Å². The summed E-state index contributed by atoms with van der Waals surface area (Å²) in [7, 11) is 0. The van der Waals surface area contributed by atoms with Crippen LogP contribution in [-0.2, 0) is 33.3 Å². The molecule has 134 valence electrons. The van der Waals surface area contributed by atoms with Gasteiger partial charge in [-0.25, -0.2) is 0 Å². The first-order chi connectivity index (χ1) is 11.3. The quantitative estimate of drug-likeness (QED) is 0.452. The number of ether oxygens (including phenoxy) is 4. The van der Waals surface area contributed by atoms with Crippen molar-refractivity contribution >= 4 is 17.8 Å². The minimum Gasteiger partial charge on any atom is -0.463 e. The summed E-state index contributed by atoms with van der Waals surface area (Å²) in [6.07, 6.45) is 0.511. The summed E-state index contributed by atoms with van der Waals surface area (Å²) in [5, 5.41) is 12.9. The zero-order valence-corrected chi connectivity index (χ0v) is 13.7. The van der Waals surface area contributed by atoms with E-state index >= 15 is 0 Å². The summed E-state index contributed by atoms with van der Waals surface area (Å²) in [6.45, 7) is 3.19. The van der Waals surface area contributed by atoms with Crippen molar-refractivity contribution in [3.05, 3.63) is 0 Å². The van der Waals surface area contributed by atoms with Gasteiger partial charge in [0.1, 0.15) is 31.5 Å². The molecule has 0 saturated carbocycles. The van der Waals surface area contributed by atoms with E-state index in [2.05, 4.69) is 11.2 Å². The van der Waals surface area contributed by atoms with Crippen molar-refractivity contribution in [2.75, 3.05) is 13.2 Å². The normalized spacial score (nSPS) is 29.2. The van der Waals surface area contributed by atoms with Gasteiger partial charge < -0.3 is 29.4 Å². The number of terminal acetylenes is 1.